The monoisotopic (exact) mass is 369 g/mol. The van der Waals surface area contributed by atoms with Crippen LogP contribution in [-0.2, 0) is 4.79 Å². The molecule has 0 aliphatic rings. The van der Waals surface area contributed by atoms with Crippen LogP contribution in [-0.4, -0.2) is 12.5 Å². The van der Waals surface area contributed by atoms with Gasteiger partial charge in [0.15, 0.2) is 6.54 Å². The van der Waals surface area contributed by atoms with E-state index in [1.165, 1.54) is 12.1 Å². The predicted molar refractivity (Wildman–Crippen MR) is 104 cm³/mol. The molecule has 0 saturated carbocycles. The number of fused-ring (bicyclic) bond motifs is 1. The number of hydrogen-bond donors (Lipinski definition) is 2. The van der Waals surface area contributed by atoms with Crippen molar-refractivity contribution >= 4 is 16.9 Å². The Balaban J connectivity index is 1.59. The summed E-state index contributed by atoms with van der Waals surface area (Å²) < 4.78 is 19.0. The average molecular weight is 369 g/mol. The van der Waals surface area contributed by atoms with Crippen molar-refractivity contribution in [3.8, 4) is 0 Å². The van der Waals surface area contributed by atoms with Crippen molar-refractivity contribution in [3.05, 3.63) is 71.7 Å². The Kier molecular flexibility index (Phi) is 5.91. The number of carbonyl (C=O) groups excluding carboxylic acids is 1. The zero-order chi connectivity index (χ0) is 19.4. The number of hydrogen-bond acceptors (Lipinski definition) is 2. The number of halogens is 1. The fourth-order valence-corrected chi connectivity index (χ4v) is 3.30. The lowest BCUT2D eigenvalue weighted by atomic mass is 9.96. The van der Waals surface area contributed by atoms with Crippen molar-refractivity contribution in [1.82, 2.24) is 5.32 Å². The highest BCUT2D eigenvalue weighted by Gasteiger charge is 2.22. The number of carbonyl (C=O) groups is 1. The van der Waals surface area contributed by atoms with Gasteiger partial charge in [0.25, 0.3) is 5.91 Å². The van der Waals surface area contributed by atoms with E-state index in [-0.39, 0.29) is 23.8 Å². The lowest BCUT2D eigenvalue weighted by molar-refractivity contribution is -0.692. The molecule has 0 radical (unpaired) electrons. The third-order valence-electron chi connectivity index (χ3n) is 4.78. The normalized spacial score (nSPS) is 13.7. The molecule has 0 aliphatic carbocycles. The average Bonchev–Trinajstić information content (AvgIpc) is 3.07. The van der Waals surface area contributed by atoms with Gasteiger partial charge in [-0.3, -0.25) is 4.79 Å². The lowest BCUT2D eigenvalue weighted by Crippen LogP contribution is -2.88. The molecule has 142 valence electrons. The number of nitrogens with two attached hydrogens (primary N) is 1. The van der Waals surface area contributed by atoms with Crippen LogP contribution in [0.2, 0.25) is 0 Å². The Morgan fingerprint density at radius 3 is 2.48 bits per heavy atom. The smallest absolute Gasteiger partial charge is 0.275 e. The highest BCUT2D eigenvalue weighted by molar-refractivity contribution is 5.79. The van der Waals surface area contributed by atoms with Gasteiger partial charge < -0.3 is 15.1 Å². The van der Waals surface area contributed by atoms with E-state index in [1.54, 1.807) is 12.1 Å². The Morgan fingerprint density at radius 1 is 1.11 bits per heavy atom. The fraction of sp³-hybridized carbons (Fsp3) is 0.318. The summed E-state index contributed by atoms with van der Waals surface area (Å²) in [5.74, 6) is 0.744. The van der Waals surface area contributed by atoms with Crippen LogP contribution in [0.5, 0.6) is 0 Å². The summed E-state index contributed by atoms with van der Waals surface area (Å²) in [7, 11) is 0. The van der Waals surface area contributed by atoms with Gasteiger partial charge in [0, 0.05) is 16.9 Å². The second-order valence-corrected chi connectivity index (χ2v) is 7.24. The van der Waals surface area contributed by atoms with Crippen molar-refractivity contribution < 1.29 is 18.9 Å². The van der Waals surface area contributed by atoms with Crippen molar-refractivity contribution in [2.45, 2.75) is 32.9 Å². The molecule has 3 N–H and O–H groups in total. The highest BCUT2D eigenvalue weighted by Crippen LogP contribution is 2.23. The Hall–Kier alpha value is -2.66. The zero-order valence-electron chi connectivity index (χ0n) is 15.9. The van der Waals surface area contributed by atoms with E-state index in [0.29, 0.717) is 12.5 Å². The molecule has 5 heteroatoms. The fourth-order valence-electron chi connectivity index (χ4n) is 3.30. The van der Waals surface area contributed by atoms with Crippen LogP contribution in [0.1, 0.15) is 44.2 Å². The summed E-state index contributed by atoms with van der Waals surface area (Å²) in [5.41, 5.74) is 1.83. The number of benzene rings is 2. The summed E-state index contributed by atoms with van der Waals surface area (Å²) in [6, 6.07) is 16.1. The molecule has 0 bridgehead atoms. The molecule has 1 aromatic heterocycles. The molecule has 0 spiro atoms. The topological polar surface area (TPSA) is 58.9 Å². The number of rotatable bonds is 7. The van der Waals surface area contributed by atoms with E-state index in [9.17, 15) is 9.18 Å². The second-order valence-electron chi connectivity index (χ2n) is 7.24. The summed E-state index contributed by atoms with van der Waals surface area (Å²) in [4.78, 5) is 12.4. The number of nitrogens with one attached hydrogen (secondary N) is 1. The van der Waals surface area contributed by atoms with Crippen molar-refractivity contribution in [1.29, 1.82) is 0 Å². The van der Waals surface area contributed by atoms with Crippen molar-refractivity contribution in [2.24, 2.45) is 5.92 Å². The number of para-hydroxylation sites is 1. The molecule has 0 saturated heterocycles. The first kappa shape index (κ1) is 19.1. The molecule has 1 amide bonds. The van der Waals surface area contributed by atoms with Gasteiger partial charge in [-0.1, -0.05) is 44.2 Å². The molecule has 3 rings (SSSR count). The second kappa shape index (κ2) is 8.35. The van der Waals surface area contributed by atoms with Gasteiger partial charge in [0.1, 0.15) is 23.2 Å². The van der Waals surface area contributed by atoms with Gasteiger partial charge in [-0.15, -0.1) is 0 Å². The molecule has 2 atom stereocenters. The van der Waals surface area contributed by atoms with Gasteiger partial charge in [-0.05, 0) is 31.2 Å². The van der Waals surface area contributed by atoms with Crippen LogP contribution in [0.25, 0.3) is 11.0 Å². The van der Waals surface area contributed by atoms with E-state index in [0.717, 1.165) is 22.3 Å². The molecular weight excluding hydrogens is 343 g/mol. The largest absolute Gasteiger partial charge is 0.459 e. The quantitative estimate of drug-likeness (QED) is 0.667. The highest BCUT2D eigenvalue weighted by atomic mass is 19.1. The third kappa shape index (κ3) is 4.74. The van der Waals surface area contributed by atoms with Gasteiger partial charge in [0.2, 0.25) is 0 Å². The minimum atomic E-state index is -0.251. The number of furan rings is 1. The third-order valence-corrected chi connectivity index (χ3v) is 4.78. The minimum Gasteiger partial charge on any atom is -0.459 e. The first-order chi connectivity index (χ1) is 12.9. The van der Waals surface area contributed by atoms with Crippen molar-refractivity contribution in [3.63, 3.8) is 0 Å². The van der Waals surface area contributed by atoms with Gasteiger partial charge in [-0.25, -0.2) is 4.39 Å². The molecule has 27 heavy (non-hydrogen) atoms. The molecule has 2 aromatic carbocycles. The molecule has 1 heterocycles. The van der Waals surface area contributed by atoms with Gasteiger partial charge >= 0.3 is 0 Å². The van der Waals surface area contributed by atoms with Gasteiger partial charge in [-0.2, -0.15) is 0 Å². The lowest BCUT2D eigenvalue weighted by Gasteiger charge is -2.20. The summed E-state index contributed by atoms with van der Waals surface area (Å²) in [5, 5.41) is 6.01. The molecular formula is C22H26FN2O2+. The molecule has 3 aromatic rings. The van der Waals surface area contributed by atoms with E-state index in [4.69, 9.17) is 4.42 Å². The zero-order valence-corrected chi connectivity index (χ0v) is 15.9. The number of amides is 1. The Bertz CT molecular complexity index is 869. The van der Waals surface area contributed by atoms with Gasteiger partial charge in [0.05, 0.1) is 6.04 Å². The minimum absolute atomic E-state index is 0.0595. The van der Waals surface area contributed by atoms with E-state index >= 15 is 0 Å². The molecule has 0 fully saturated rings. The van der Waals surface area contributed by atoms with Crippen LogP contribution in [0.4, 0.5) is 4.39 Å². The van der Waals surface area contributed by atoms with Crippen LogP contribution >= 0.6 is 0 Å². The van der Waals surface area contributed by atoms with E-state index in [2.05, 4.69) is 19.2 Å². The predicted octanol–water partition coefficient (Wildman–Crippen LogP) is 3.71. The maximum Gasteiger partial charge on any atom is 0.275 e. The molecule has 0 unspecified atom stereocenters. The Labute approximate surface area is 158 Å². The van der Waals surface area contributed by atoms with Crippen LogP contribution < -0.4 is 10.6 Å². The summed E-state index contributed by atoms with van der Waals surface area (Å²) in [6.45, 7) is 6.40. The summed E-state index contributed by atoms with van der Waals surface area (Å²) >= 11 is 0. The molecule has 4 nitrogen and oxygen atoms in total. The first-order valence-electron chi connectivity index (χ1n) is 9.30. The number of quaternary nitrogens is 1. The standard InChI is InChI=1S/C22H25FN2O2/c1-14(2)22(16-8-10-18(23)11-9-16)24-13-21(26)25-15(3)20-12-17-6-4-5-7-19(17)27-20/h4-12,14-15,22,24H,13H2,1-3H3,(H,25,26)/p+1/t15-,22-/m0/s1. The first-order valence-corrected chi connectivity index (χ1v) is 9.30. The van der Waals surface area contributed by atoms with Crippen LogP contribution in [0.3, 0.4) is 0 Å². The SMILES string of the molecule is CC(C)[C@H]([NH2+]CC(=O)N[C@@H](C)c1cc2ccccc2o1)c1ccc(F)cc1. The Morgan fingerprint density at radius 2 is 1.81 bits per heavy atom. The summed E-state index contributed by atoms with van der Waals surface area (Å²) in [6.07, 6.45) is 0. The van der Waals surface area contributed by atoms with E-state index < -0.39 is 0 Å². The maximum atomic E-state index is 13.2. The molecule has 0 aliphatic heterocycles. The van der Waals surface area contributed by atoms with Crippen molar-refractivity contribution in [2.75, 3.05) is 6.54 Å². The maximum absolute atomic E-state index is 13.2. The van der Waals surface area contributed by atoms with Crippen LogP contribution in [0, 0.1) is 11.7 Å². The van der Waals surface area contributed by atoms with Crippen LogP contribution in [0.15, 0.2) is 59.0 Å². The van der Waals surface area contributed by atoms with E-state index in [1.807, 2.05) is 42.6 Å².